The minimum absolute atomic E-state index is 0.311. The number of benzene rings is 2. The molecule has 0 bridgehead atoms. The van der Waals surface area contributed by atoms with Crippen LogP contribution in [0.3, 0.4) is 0 Å². The molecule has 0 fully saturated rings. The van der Waals surface area contributed by atoms with Gasteiger partial charge in [0.05, 0.1) is 9.83 Å². The number of hydrogen-bond donors (Lipinski definition) is 1. The van der Waals surface area contributed by atoms with Crippen molar-refractivity contribution in [2.75, 3.05) is 11.0 Å². The Balaban J connectivity index is 2.11. The minimum Gasteiger partial charge on any atom is -0.456 e. The van der Waals surface area contributed by atoms with Crippen LogP contribution >= 0.6 is 22.6 Å². The van der Waals surface area contributed by atoms with Crippen molar-refractivity contribution >= 4 is 38.3 Å². The number of rotatable bonds is 5. The Morgan fingerprint density at radius 3 is 2.12 bits per heavy atom. The van der Waals surface area contributed by atoms with E-state index in [1.807, 2.05) is 22.6 Å². The molecule has 0 radical (unpaired) electrons. The van der Waals surface area contributed by atoms with Crippen molar-refractivity contribution in [1.29, 1.82) is 0 Å². The molecule has 2 aromatic carbocycles. The van der Waals surface area contributed by atoms with Crippen molar-refractivity contribution in [2.24, 2.45) is 0 Å². The molecule has 0 aromatic heterocycles. The first kappa shape index (κ1) is 18.6. The molecule has 0 spiro atoms. The van der Waals surface area contributed by atoms with E-state index in [4.69, 9.17) is 4.74 Å². The summed E-state index contributed by atoms with van der Waals surface area (Å²) in [4.78, 5) is 0. The van der Waals surface area contributed by atoms with Gasteiger partial charge in [0.2, 0.25) is 10.0 Å². The normalized spacial score (nSPS) is 11.9. The summed E-state index contributed by atoms with van der Waals surface area (Å²) in [7, 11) is -3.39. The first-order chi connectivity index (χ1) is 11.0. The molecule has 5 nitrogen and oxygen atoms in total. The smallest absolute Gasteiger partial charge is 0.456 e. The van der Waals surface area contributed by atoms with Crippen LogP contribution in [0, 0.1) is 3.57 Å². The molecule has 2 rings (SSSR count). The van der Waals surface area contributed by atoms with Gasteiger partial charge in [-0.15, -0.1) is 13.2 Å². The second-order valence-electron chi connectivity index (χ2n) is 4.64. The maximum absolute atomic E-state index is 12.1. The van der Waals surface area contributed by atoms with Crippen LogP contribution in [0.4, 0.5) is 18.9 Å². The number of anilines is 1. The predicted molar refractivity (Wildman–Crippen MR) is 90.8 cm³/mol. The Labute approximate surface area is 150 Å². The quantitative estimate of drug-likeness (QED) is 0.656. The van der Waals surface area contributed by atoms with Crippen molar-refractivity contribution in [1.82, 2.24) is 0 Å². The first-order valence-electron chi connectivity index (χ1n) is 6.33. The van der Waals surface area contributed by atoms with Crippen molar-refractivity contribution in [3.05, 3.63) is 46.0 Å². The van der Waals surface area contributed by atoms with Gasteiger partial charge in [0.25, 0.3) is 0 Å². The first-order valence-corrected chi connectivity index (χ1v) is 9.30. The zero-order valence-corrected chi connectivity index (χ0v) is 15.1. The number of ether oxygens (including phenoxy) is 2. The third kappa shape index (κ3) is 6.07. The van der Waals surface area contributed by atoms with Crippen molar-refractivity contribution in [3.63, 3.8) is 0 Å². The maximum Gasteiger partial charge on any atom is 0.573 e. The molecule has 0 aliphatic heterocycles. The van der Waals surface area contributed by atoms with Crippen molar-refractivity contribution in [3.8, 4) is 17.2 Å². The minimum atomic E-state index is -4.75. The molecule has 10 heteroatoms. The van der Waals surface area contributed by atoms with Gasteiger partial charge in [0.15, 0.2) is 0 Å². The van der Waals surface area contributed by atoms with Crippen LogP contribution in [0.1, 0.15) is 0 Å². The second-order valence-corrected chi connectivity index (χ2v) is 7.55. The molecule has 0 aliphatic rings. The van der Waals surface area contributed by atoms with Crippen LogP contribution in [0.2, 0.25) is 0 Å². The maximum atomic E-state index is 12.1. The summed E-state index contributed by atoms with van der Waals surface area (Å²) in [6, 6.07) is 9.57. The summed E-state index contributed by atoms with van der Waals surface area (Å²) in [5.74, 6) is 0.391. The molecular formula is C14H11F3INO4S. The van der Waals surface area contributed by atoms with Gasteiger partial charge in [-0.25, -0.2) is 8.42 Å². The molecule has 1 N–H and O–H groups in total. The van der Waals surface area contributed by atoms with Gasteiger partial charge in [-0.05, 0) is 65.1 Å². The summed E-state index contributed by atoms with van der Waals surface area (Å²) in [5, 5.41) is 0. The Morgan fingerprint density at radius 2 is 1.62 bits per heavy atom. The van der Waals surface area contributed by atoms with Gasteiger partial charge in [0, 0.05) is 5.69 Å². The zero-order chi connectivity index (χ0) is 18.0. The van der Waals surface area contributed by atoms with E-state index >= 15 is 0 Å². The van der Waals surface area contributed by atoms with E-state index in [2.05, 4.69) is 9.46 Å². The van der Waals surface area contributed by atoms with Gasteiger partial charge in [-0.2, -0.15) is 0 Å². The lowest BCUT2D eigenvalue weighted by molar-refractivity contribution is -0.274. The average Bonchev–Trinajstić information content (AvgIpc) is 2.40. The molecule has 0 saturated carbocycles. The Hall–Kier alpha value is -1.69. The molecule has 0 atom stereocenters. The number of alkyl halides is 3. The monoisotopic (exact) mass is 473 g/mol. The third-order valence-corrected chi connectivity index (χ3v) is 3.97. The van der Waals surface area contributed by atoms with Crippen LogP contribution in [0.25, 0.3) is 0 Å². The molecule has 2 aromatic rings. The summed E-state index contributed by atoms with van der Waals surface area (Å²) >= 11 is 1.96. The molecular weight excluding hydrogens is 462 g/mol. The third-order valence-electron chi connectivity index (χ3n) is 2.52. The highest BCUT2D eigenvalue weighted by Crippen LogP contribution is 2.31. The van der Waals surface area contributed by atoms with Crippen LogP contribution in [-0.4, -0.2) is 21.0 Å². The predicted octanol–water partition coefficient (Wildman–Crippen LogP) is 4.35. The fourth-order valence-electron chi connectivity index (χ4n) is 1.70. The fourth-order valence-corrected chi connectivity index (χ4v) is 2.88. The van der Waals surface area contributed by atoms with E-state index in [1.165, 1.54) is 18.2 Å². The lowest BCUT2D eigenvalue weighted by atomic mass is 10.3. The van der Waals surface area contributed by atoms with Gasteiger partial charge in [-0.3, -0.25) is 4.72 Å². The second kappa shape index (κ2) is 7.05. The number of hydrogen-bond acceptors (Lipinski definition) is 4. The van der Waals surface area contributed by atoms with Gasteiger partial charge < -0.3 is 9.47 Å². The van der Waals surface area contributed by atoms with E-state index in [0.717, 1.165) is 18.4 Å². The number of halogens is 4. The molecule has 0 amide bonds. The molecule has 24 heavy (non-hydrogen) atoms. The summed E-state index contributed by atoms with van der Waals surface area (Å²) < 4.78 is 70.9. The lowest BCUT2D eigenvalue weighted by Crippen LogP contribution is -2.16. The number of nitrogens with one attached hydrogen (secondary N) is 1. The molecule has 0 aliphatic carbocycles. The van der Waals surface area contributed by atoms with Crippen LogP contribution in [0.15, 0.2) is 42.5 Å². The van der Waals surface area contributed by atoms with E-state index in [-0.39, 0.29) is 5.75 Å². The highest BCUT2D eigenvalue weighted by Gasteiger charge is 2.30. The van der Waals surface area contributed by atoms with E-state index in [1.54, 1.807) is 12.1 Å². The van der Waals surface area contributed by atoms with Crippen molar-refractivity contribution < 1.29 is 31.1 Å². The Bertz CT molecular complexity index is 823. The molecule has 0 saturated heterocycles. The molecule has 130 valence electrons. The summed E-state index contributed by atoms with van der Waals surface area (Å²) in [5.41, 5.74) is 0.378. The Morgan fingerprint density at radius 1 is 1.04 bits per heavy atom. The van der Waals surface area contributed by atoms with Gasteiger partial charge in [0.1, 0.15) is 17.2 Å². The summed E-state index contributed by atoms with van der Waals surface area (Å²) in [6.45, 7) is 0. The van der Waals surface area contributed by atoms with E-state index in [0.29, 0.717) is 20.8 Å². The Kier molecular flexibility index (Phi) is 5.48. The van der Waals surface area contributed by atoms with Crippen molar-refractivity contribution in [2.45, 2.75) is 6.36 Å². The summed E-state index contributed by atoms with van der Waals surface area (Å²) in [6.07, 6.45) is -3.71. The molecule has 0 heterocycles. The fraction of sp³-hybridized carbons (Fsp3) is 0.143. The highest BCUT2D eigenvalue weighted by atomic mass is 127. The van der Waals surface area contributed by atoms with Gasteiger partial charge in [-0.1, -0.05) is 0 Å². The average molecular weight is 473 g/mol. The topological polar surface area (TPSA) is 64.6 Å². The lowest BCUT2D eigenvalue weighted by Gasteiger charge is -2.12. The largest absolute Gasteiger partial charge is 0.573 e. The van der Waals surface area contributed by atoms with E-state index < -0.39 is 16.4 Å². The molecule has 0 unspecified atom stereocenters. The van der Waals surface area contributed by atoms with E-state index in [9.17, 15) is 21.6 Å². The van der Waals surface area contributed by atoms with Crippen LogP contribution in [-0.2, 0) is 10.0 Å². The van der Waals surface area contributed by atoms with Gasteiger partial charge >= 0.3 is 6.36 Å². The van der Waals surface area contributed by atoms with Crippen LogP contribution < -0.4 is 14.2 Å². The SMILES string of the molecule is CS(=O)(=O)Nc1ccc(Oc2ccc(OC(F)(F)F)cc2)c(I)c1. The zero-order valence-electron chi connectivity index (χ0n) is 12.1. The standard InChI is InChI=1S/C14H11F3INO4S/c1-24(20,21)19-9-2-7-13(12(18)8-9)22-10-3-5-11(6-4-10)23-14(15,16)17/h2-8,19H,1H3. The highest BCUT2D eigenvalue weighted by molar-refractivity contribution is 14.1. The number of sulfonamides is 1. The van der Waals surface area contributed by atoms with Crippen LogP contribution in [0.5, 0.6) is 17.2 Å².